The van der Waals surface area contributed by atoms with Gasteiger partial charge in [-0.05, 0) is 26.2 Å². The molecule has 0 unspecified atom stereocenters. The number of hydrogen-bond acceptors (Lipinski definition) is 3. The number of esters is 1. The van der Waals surface area contributed by atoms with Gasteiger partial charge in [0.15, 0.2) is 0 Å². The molecular weight excluding hydrogens is 166 g/mol. The molecule has 0 radical (unpaired) electrons. The topological polar surface area (TPSA) is 52.3 Å². The fourth-order valence-electron chi connectivity index (χ4n) is 1.04. The monoisotopic (exact) mass is 179 g/mol. The van der Waals surface area contributed by atoms with Crippen molar-refractivity contribution in [3.05, 3.63) is 0 Å². The third kappa shape index (κ3) is 2.07. The Balaban J connectivity index is 0.000001000. The highest BCUT2D eigenvalue weighted by atomic mass is 35.5. The number of ether oxygens (including phenoxy) is 1. The first-order valence-corrected chi connectivity index (χ1v) is 3.65. The van der Waals surface area contributed by atoms with Gasteiger partial charge in [0.2, 0.25) is 0 Å². The molecule has 0 atom stereocenters. The molecule has 0 amide bonds. The summed E-state index contributed by atoms with van der Waals surface area (Å²) in [6, 6.07) is 0. The quantitative estimate of drug-likeness (QED) is 0.640. The van der Waals surface area contributed by atoms with Gasteiger partial charge in [0.1, 0.15) is 5.54 Å². The normalized spacial score (nSPS) is 19.5. The molecule has 66 valence electrons. The largest absolute Gasteiger partial charge is 0.465 e. The Labute approximate surface area is 72.7 Å². The highest BCUT2D eigenvalue weighted by Crippen LogP contribution is 2.29. The summed E-state index contributed by atoms with van der Waals surface area (Å²) in [6.07, 6.45) is 2.62. The van der Waals surface area contributed by atoms with Crippen LogP contribution in [0.25, 0.3) is 0 Å². The van der Waals surface area contributed by atoms with E-state index >= 15 is 0 Å². The standard InChI is InChI=1S/C7H13NO2.ClH/c1-2-10-6(9)7(8)4-3-5-7;/h2-5,8H2,1H3;1H. The summed E-state index contributed by atoms with van der Waals surface area (Å²) in [4.78, 5) is 11.0. The maximum atomic E-state index is 11.0. The van der Waals surface area contributed by atoms with E-state index in [4.69, 9.17) is 10.5 Å². The molecule has 2 N–H and O–H groups in total. The predicted octanol–water partition coefficient (Wildman–Crippen LogP) is 0.853. The minimum atomic E-state index is -0.629. The summed E-state index contributed by atoms with van der Waals surface area (Å²) in [5.41, 5.74) is 5.03. The van der Waals surface area contributed by atoms with E-state index in [2.05, 4.69) is 0 Å². The fraction of sp³-hybridized carbons (Fsp3) is 0.857. The summed E-state index contributed by atoms with van der Waals surface area (Å²) in [6.45, 7) is 2.22. The first-order chi connectivity index (χ1) is 4.69. The Kier molecular flexibility index (Phi) is 3.83. The Morgan fingerprint density at radius 3 is 2.45 bits per heavy atom. The Morgan fingerprint density at radius 1 is 1.64 bits per heavy atom. The van der Waals surface area contributed by atoms with Crippen LogP contribution in [-0.4, -0.2) is 18.1 Å². The van der Waals surface area contributed by atoms with E-state index in [9.17, 15) is 4.79 Å². The van der Waals surface area contributed by atoms with Gasteiger partial charge in [-0.1, -0.05) is 0 Å². The van der Waals surface area contributed by atoms with Crippen LogP contribution >= 0.6 is 12.4 Å². The summed E-state index contributed by atoms with van der Waals surface area (Å²) in [5.74, 6) is -0.235. The van der Waals surface area contributed by atoms with Crippen molar-refractivity contribution < 1.29 is 9.53 Å². The minimum absolute atomic E-state index is 0. The SMILES string of the molecule is CCOC(=O)C1(N)CCC1.Cl. The molecule has 1 rings (SSSR count). The number of hydrogen-bond donors (Lipinski definition) is 1. The van der Waals surface area contributed by atoms with E-state index < -0.39 is 5.54 Å². The molecule has 0 bridgehead atoms. The summed E-state index contributed by atoms with van der Waals surface area (Å²) in [7, 11) is 0. The van der Waals surface area contributed by atoms with Crippen molar-refractivity contribution in [2.24, 2.45) is 5.73 Å². The maximum Gasteiger partial charge on any atom is 0.326 e. The molecule has 1 aliphatic rings. The third-order valence-corrected chi connectivity index (χ3v) is 1.93. The van der Waals surface area contributed by atoms with Gasteiger partial charge in [-0.25, -0.2) is 0 Å². The second kappa shape index (κ2) is 3.93. The molecule has 1 fully saturated rings. The lowest BCUT2D eigenvalue weighted by Crippen LogP contribution is -2.54. The van der Waals surface area contributed by atoms with Gasteiger partial charge in [0, 0.05) is 0 Å². The second-order valence-electron chi connectivity index (χ2n) is 2.73. The Morgan fingerprint density at radius 2 is 2.18 bits per heavy atom. The van der Waals surface area contributed by atoms with E-state index in [1.54, 1.807) is 6.92 Å². The molecule has 11 heavy (non-hydrogen) atoms. The summed E-state index contributed by atoms with van der Waals surface area (Å²) < 4.78 is 4.78. The highest BCUT2D eigenvalue weighted by molar-refractivity contribution is 5.85. The van der Waals surface area contributed by atoms with E-state index in [1.165, 1.54) is 0 Å². The van der Waals surface area contributed by atoms with Crippen LogP contribution < -0.4 is 5.73 Å². The lowest BCUT2D eigenvalue weighted by Gasteiger charge is -2.34. The van der Waals surface area contributed by atoms with Crippen molar-refractivity contribution in [2.75, 3.05) is 6.61 Å². The molecule has 4 heteroatoms. The van der Waals surface area contributed by atoms with Crippen molar-refractivity contribution in [1.29, 1.82) is 0 Å². The van der Waals surface area contributed by atoms with E-state index in [-0.39, 0.29) is 18.4 Å². The van der Waals surface area contributed by atoms with Crippen molar-refractivity contribution >= 4 is 18.4 Å². The maximum absolute atomic E-state index is 11.0. The second-order valence-corrected chi connectivity index (χ2v) is 2.73. The zero-order valence-corrected chi connectivity index (χ0v) is 7.45. The lowest BCUT2D eigenvalue weighted by atomic mass is 9.78. The summed E-state index contributed by atoms with van der Waals surface area (Å²) >= 11 is 0. The van der Waals surface area contributed by atoms with E-state index in [0.29, 0.717) is 6.61 Å². The summed E-state index contributed by atoms with van der Waals surface area (Å²) in [5, 5.41) is 0. The van der Waals surface area contributed by atoms with Crippen molar-refractivity contribution in [1.82, 2.24) is 0 Å². The molecule has 0 aliphatic heterocycles. The Hall–Kier alpha value is -0.280. The highest BCUT2D eigenvalue weighted by Gasteiger charge is 2.41. The minimum Gasteiger partial charge on any atom is -0.465 e. The molecule has 0 spiro atoms. The number of rotatable bonds is 2. The van der Waals surface area contributed by atoms with Crippen LogP contribution in [0.15, 0.2) is 0 Å². The zero-order chi connectivity index (χ0) is 7.61. The Bertz CT molecular complexity index is 145. The van der Waals surface area contributed by atoms with Crippen LogP contribution in [0.1, 0.15) is 26.2 Å². The predicted molar refractivity (Wildman–Crippen MR) is 44.7 cm³/mol. The third-order valence-electron chi connectivity index (χ3n) is 1.93. The molecule has 1 saturated carbocycles. The fourth-order valence-corrected chi connectivity index (χ4v) is 1.04. The van der Waals surface area contributed by atoms with Crippen molar-refractivity contribution in [2.45, 2.75) is 31.7 Å². The van der Waals surface area contributed by atoms with Gasteiger partial charge in [-0.2, -0.15) is 0 Å². The molecule has 3 nitrogen and oxygen atoms in total. The zero-order valence-electron chi connectivity index (χ0n) is 6.63. The van der Waals surface area contributed by atoms with E-state index in [0.717, 1.165) is 19.3 Å². The first-order valence-electron chi connectivity index (χ1n) is 3.65. The molecule has 0 aromatic heterocycles. The van der Waals surface area contributed by atoms with Gasteiger partial charge >= 0.3 is 5.97 Å². The number of carbonyl (C=O) groups is 1. The number of nitrogens with two attached hydrogens (primary N) is 1. The van der Waals surface area contributed by atoms with Crippen molar-refractivity contribution in [3.63, 3.8) is 0 Å². The first kappa shape index (κ1) is 10.7. The van der Waals surface area contributed by atoms with Crippen LogP contribution in [0.4, 0.5) is 0 Å². The van der Waals surface area contributed by atoms with Crippen molar-refractivity contribution in [3.8, 4) is 0 Å². The van der Waals surface area contributed by atoms with Crippen LogP contribution in [0.3, 0.4) is 0 Å². The molecule has 1 aliphatic carbocycles. The van der Waals surface area contributed by atoms with Crippen LogP contribution in [0, 0.1) is 0 Å². The molecular formula is C7H14ClNO2. The molecule has 0 saturated heterocycles. The number of carbonyl (C=O) groups excluding carboxylic acids is 1. The van der Waals surface area contributed by atoms with Crippen LogP contribution in [0.2, 0.25) is 0 Å². The van der Waals surface area contributed by atoms with Gasteiger partial charge in [-0.3, -0.25) is 4.79 Å². The lowest BCUT2D eigenvalue weighted by molar-refractivity contribution is -0.153. The average molecular weight is 180 g/mol. The molecule has 0 heterocycles. The van der Waals surface area contributed by atoms with Gasteiger partial charge in [-0.15, -0.1) is 12.4 Å². The smallest absolute Gasteiger partial charge is 0.326 e. The van der Waals surface area contributed by atoms with E-state index in [1.807, 2.05) is 0 Å². The van der Waals surface area contributed by atoms with Gasteiger partial charge in [0.05, 0.1) is 6.61 Å². The number of halogens is 1. The molecule has 0 aromatic rings. The van der Waals surface area contributed by atoms with Crippen LogP contribution in [0.5, 0.6) is 0 Å². The van der Waals surface area contributed by atoms with Gasteiger partial charge in [0.25, 0.3) is 0 Å². The van der Waals surface area contributed by atoms with Gasteiger partial charge < -0.3 is 10.5 Å². The van der Waals surface area contributed by atoms with Crippen LogP contribution in [-0.2, 0) is 9.53 Å². The molecule has 0 aromatic carbocycles. The average Bonchev–Trinajstić information content (AvgIpc) is 1.83.